The van der Waals surface area contributed by atoms with Gasteiger partial charge in [0.2, 0.25) is 0 Å². The normalized spacial score (nSPS) is 16.3. The quantitative estimate of drug-likeness (QED) is 0.0605. The molecule has 0 unspecified atom stereocenters. The molecule has 8 rings (SSSR count). The summed E-state index contributed by atoms with van der Waals surface area (Å²) in [6, 6.07) is 18.8. The van der Waals surface area contributed by atoms with Crippen molar-refractivity contribution in [1.29, 1.82) is 0 Å². The van der Waals surface area contributed by atoms with Gasteiger partial charge in [-0.25, -0.2) is 9.13 Å². The smallest absolute Gasteiger partial charge is 0.169 e. The molecule has 282 valence electrons. The summed E-state index contributed by atoms with van der Waals surface area (Å²) in [5, 5.41) is 0. The van der Waals surface area contributed by atoms with Crippen molar-refractivity contribution in [3.05, 3.63) is 118 Å². The van der Waals surface area contributed by atoms with Crippen LogP contribution in [0.3, 0.4) is 0 Å². The van der Waals surface area contributed by atoms with Crippen molar-refractivity contribution in [3.63, 3.8) is 0 Å². The van der Waals surface area contributed by atoms with Crippen LogP contribution in [0.25, 0.3) is 24.3 Å². The predicted octanol–water partition coefficient (Wildman–Crippen LogP) is 10.4. The zero-order valence-electron chi connectivity index (χ0n) is 32.4. The van der Waals surface area contributed by atoms with E-state index in [1.54, 1.807) is 33.6 Å². The lowest BCUT2D eigenvalue weighted by Crippen LogP contribution is -2.34. The first-order chi connectivity index (χ1) is 26.7. The standard InChI is InChI=1S/C48H60N4S2/c1(3-23-49-29-19-39(20-30-49)15-17-41-35-43-11-7-25-51-26-8-12-44(36-41)47(43)51)2-5-33-53-54-34-6-4-24-50-31-21-40(22-32-50)16-18-42-37-45-13-9-27-52-28-10-14-46(38-42)48(45)52/h15-22,29-32,35-38H,1-14,23-28,33-34H2/q+2. The van der Waals surface area contributed by atoms with Crippen LogP contribution in [0, 0.1) is 0 Å². The second kappa shape index (κ2) is 18.9. The molecule has 6 heterocycles. The van der Waals surface area contributed by atoms with Gasteiger partial charge in [0, 0.05) is 86.2 Å². The minimum absolute atomic E-state index is 1.10. The minimum Gasteiger partial charge on any atom is -0.371 e. The number of nitrogens with zero attached hydrogens (tertiary/aromatic N) is 4. The Labute approximate surface area is 333 Å². The van der Waals surface area contributed by atoms with Crippen molar-refractivity contribution < 1.29 is 9.13 Å². The second-order valence-electron chi connectivity index (χ2n) is 15.9. The highest BCUT2D eigenvalue weighted by Crippen LogP contribution is 2.38. The maximum absolute atomic E-state index is 2.62. The molecule has 0 atom stereocenters. The number of aryl methyl sites for hydroxylation is 6. The third kappa shape index (κ3) is 9.84. The van der Waals surface area contributed by atoms with Gasteiger partial charge in [0.1, 0.15) is 13.1 Å². The molecule has 2 aromatic heterocycles. The summed E-state index contributed by atoms with van der Waals surface area (Å²) in [5.74, 6) is 2.53. The summed E-state index contributed by atoms with van der Waals surface area (Å²) in [6.45, 7) is 7.18. The Balaban J connectivity index is 0.656. The predicted molar refractivity (Wildman–Crippen MR) is 234 cm³/mol. The number of pyridine rings is 2. The van der Waals surface area contributed by atoms with Crippen LogP contribution in [-0.2, 0) is 38.8 Å². The zero-order valence-corrected chi connectivity index (χ0v) is 34.0. The highest BCUT2D eigenvalue weighted by Gasteiger charge is 2.25. The lowest BCUT2D eigenvalue weighted by molar-refractivity contribution is -0.697. The molecule has 0 aliphatic carbocycles. The van der Waals surface area contributed by atoms with Gasteiger partial charge in [0.25, 0.3) is 0 Å². The average molecular weight is 757 g/mol. The number of aromatic nitrogens is 2. The minimum atomic E-state index is 1.10. The van der Waals surface area contributed by atoms with Crippen molar-refractivity contribution >= 4 is 57.3 Å². The molecule has 54 heavy (non-hydrogen) atoms. The summed E-state index contributed by atoms with van der Waals surface area (Å²) in [4.78, 5) is 5.25. The molecule has 4 aliphatic heterocycles. The van der Waals surface area contributed by atoms with E-state index < -0.39 is 0 Å². The molecule has 2 aromatic carbocycles. The first-order valence-electron chi connectivity index (χ1n) is 21.2. The van der Waals surface area contributed by atoms with E-state index in [0.717, 1.165) is 13.1 Å². The van der Waals surface area contributed by atoms with Crippen molar-refractivity contribution in [2.24, 2.45) is 0 Å². The fraction of sp³-hybridized carbons (Fsp3) is 0.458. The molecule has 0 bridgehead atoms. The Morgan fingerprint density at radius 3 is 1.22 bits per heavy atom. The SMILES string of the molecule is C(=C\c1cc2c3c(c1)CCCN3CCC2)/c1cc[n+](CCCCCCSSCCCC[n+]2ccc(/C=C/c3cc4c5c(c3)CCCN5CCC4)cc2)cc1. The maximum atomic E-state index is 2.62. The van der Waals surface area contributed by atoms with Gasteiger partial charge in [-0.05, 0) is 139 Å². The number of hydrogen-bond acceptors (Lipinski definition) is 4. The topological polar surface area (TPSA) is 14.2 Å². The van der Waals surface area contributed by atoms with E-state index in [0.29, 0.717) is 0 Å². The highest BCUT2D eigenvalue weighted by atomic mass is 33.1. The molecule has 0 spiro atoms. The first-order valence-corrected chi connectivity index (χ1v) is 23.6. The van der Waals surface area contributed by atoms with Crippen LogP contribution in [0.5, 0.6) is 0 Å². The molecule has 0 fully saturated rings. The lowest BCUT2D eigenvalue weighted by Gasteiger charge is -2.37. The Bertz CT molecular complexity index is 1700. The molecule has 4 aromatic rings. The van der Waals surface area contributed by atoms with Crippen molar-refractivity contribution in [3.8, 4) is 0 Å². The van der Waals surface area contributed by atoms with Gasteiger partial charge < -0.3 is 9.80 Å². The summed E-state index contributed by atoms with van der Waals surface area (Å²) in [7, 11) is 4.14. The fourth-order valence-electron chi connectivity index (χ4n) is 9.08. The Morgan fingerprint density at radius 1 is 0.444 bits per heavy atom. The Hall–Kier alpha value is -3.48. The molecule has 6 heteroatoms. The van der Waals surface area contributed by atoms with Crippen molar-refractivity contribution in [2.45, 2.75) is 103 Å². The van der Waals surface area contributed by atoms with Gasteiger partial charge in [-0.15, -0.1) is 0 Å². The van der Waals surface area contributed by atoms with Crippen LogP contribution in [0.4, 0.5) is 11.4 Å². The van der Waals surface area contributed by atoms with Gasteiger partial charge in [0.15, 0.2) is 24.8 Å². The van der Waals surface area contributed by atoms with E-state index in [9.17, 15) is 0 Å². The van der Waals surface area contributed by atoms with Gasteiger partial charge in [0.05, 0.1) is 0 Å². The summed E-state index contributed by atoms with van der Waals surface area (Å²) in [6.07, 6.45) is 36.1. The molecular weight excluding hydrogens is 697 g/mol. The molecule has 0 saturated carbocycles. The molecule has 4 aliphatic rings. The number of anilines is 2. The van der Waals surface area contributed by atoms with Gasteiger partial charge in [-0.1, -0.05) is 52.3 Å². The van der Waals surface area contributed by atoms with Crippen molar-refractivity contribution in [1.82, 2.24) is 0 Å². The number of benzene rings is 2. The zero-order chi connectivity index (χ0) is 36.4. The van der Waals surface area contributed by atoms with Crippen LogP contribution >= 0.6 is 21.6 Å². The van der Waals surface area contributed by atoms with Gasteiger partial charge in [-0.2, -0.15) is 0 Å². The van der Waals surface area contributed by atoms with E-state index in [1.807, 2.05) is 0 Å². The van der Waals surface area contributed by atoms with Crippen molar-refractivity contribution in [2.75, 3.05) is 47.5 Å². The Kier molecular flexibility index (Phi) is 13.1. The van der Waals surface area contributed by atoms with Gasteiger partial charge >= 0.3 is 0 Å². The largest absolute Gasteiger partial charge is 0.371 e. The first kappa shape index (κ1) is 37.4. The third-order valence-corrected chi connectivity index (χ3v) is 14.4. The Morgan fingerprint density at radius 2 is 0.796 bits per heavy atom. The van der Waals surface area contributed by atoms with E-state index in [4.69, 9.17) is 0 Å². The maximum Gasteiger partial charge on any atom is 0.169 e. The number of unbranched alkanes of at least 4 members (excludes halogenated alkanes) is 4. The molecule has 0 radical (unpaired) electrons. The molecule has 0 N–H and O–H groups in total. The number of rotatable bonds is 17. The van der Waals surface area contributed by atoms with Crippen LogP contribution < -0.4 is 18.9 Å². The lowest BCUT2D eigenvalue weighted by atomic mass is 9.90. The van der Waals surface area contributed by atoms with Crippen LogP contribution in [0.1, 0.15) is 109 Å². The summed E-state index contributed by atoms with van der Waals surface area (Å²) < 4.78 is 4.69. The third-order valence-electron chi connectivity index (χ3n) is 11.9. The molecular formula is C48H60N4S2+2. The second-order valence-corrected chi connectivity index (χ2v) is 18.6. The molecule has 0 saturated heterocycles. The van der Waals surface area contributed by atoms with E-state index in [-0.39, 0.29) is 0 Å². The van der Waals surface area contributed by atoms with E-state index in [1.165, 1.54) is 150 Å². The molecule has 0 amide bonds. The van der Waals surface area contributed by atoms with Crippen LogP contribution in [-0.4, -0.2) is 37.7 Å². The van der Waals surface area contributed by atoms with Gasteiger partial charge in [-0.3, -0.25) is 0 Å². The van der Waals surface area contributed by atoms with E-state index >= 15 is 0 Å². The summed E-state index contributed by atoms with van der Waals surface area (Å²) >= 11 is 0. The average Bonchev–Trinajstić information content (AvgIpc) is 3.21. The highest BCUT2D eigenvalue weighted by molar-refractivity contribution is 8.76. The fourth-order valence-corrected chi connectivity index (χ4v) is 11.4. The monoisotopic (exact) mass is 756 g/mol. The van der Waals surface area contributed by atoms with E-state index in [2.05, 4.69) is 138 Å². The van der Waals surface area contributed by atoms with Crippen LogP contribution in [0.15, 0.2) is 73.3 Å². The molecule has 4 nitrogen and oxygen atoms in total. The number of hydrogen-bond donors (Lipinski definition) is 0. The summed E-state index contributed by atoms with van der Waals surface area (Å²) in [5.41, 5.74) is 14.7. The van der Waals surface area contributed by atoms with Crippen LogP contribution in [0.2, 0.25) is 0 Å².